The second-order valence-corrected chi connectivity index (χ2v) is 8.54. The van der Waals surface area contributed by atoms with Gasteiger partial charge in [-0.3, -0.25) is 14.1 Å². The molecule has 2 N–H and O–H groups in total. The smallest absolute Gasteiger partial charge is 0.320 e. The van der Waals surface area contributed by atoms with E-state index in [0.717, 1.165) is 4.57 Å². The van der Waals surface area contributed by atoms with E-state index in [2.05, 4.69) is 15.0 Å². The number of hydrogen-bond acceptors (Lipinski definition) is 4. The monoisotopic (exact) mass is 456 g/mol. The van der Waals surface area contributed by atoms with Gasteiger partial charge in [0.1, 0.15) is 5.82 Å². The van der Waals surface area contributed by atoms with E-state index in [0.29, 0.717) is 22.2 Å². The van der Waals surface area contributed by atoms with E-state index >= 15 is 0 Å². The summed E-state index contributed by atoms with van der Waals surface area (Å²) in [5.74, 6) is -0.243. The fourth-order valence-electron chi connectivity index (χ4n) is 3.28. The standard InChI is InChI=1S/C22H18F2N4O3S/c1-25-21(29)15-8-12-17(13-9-15)32(30,31)27-16-10-6-14(7-11-16)20-26-18-4-2-3-5-19(18)28(20)22(23)24/h2-13,22,27H,1H3,(H,25,29). The van der Waals surface area contributed by atoms with Crippen molar-refractivity contribution >= 4 is 32.7 Å². The molecule has 1 aromatic heterocycles. The van der Waals surface area contributed by atoms with Gasteiger partial charge in [-0.1, -0.05) is 12.1 Å². The van der Waals surface area contributed by atoms with Crippen LogP contribution in [0.1, 0.15) is 16.9 Å². The molecule has 1 heterocycles. The molecule has 0 unspecified atom stereocenters. The highest BCUT2D eigenvalue weighted by atomic mass is 32.2. The van der Waals surface area contributed by atoms with Gasteiger partial charge in [-0.15, -0.1) is 0 Å². The number of halogens is 2. The van der Waals surface area contributed by atoms with Gasteiger partial charge in [0.05, 0.1) is 15.9 Å². The number of anilines is 1. The number of imidazole rings is 1. The highest BCUT2D eigenvalue weighted by Gasteiger charge is 2.19. The van der Waals surface area contributed by atoms with Crippen molar-refractivity contribution in [1.29, 1.82) is 0 Å². The Balaban J connectivity index is 1.60. The highest BCUT2D eigenvalue weighted by Crippen LogP contribution is 2.30. The molecule has 0 aliphatic rings. The lowest BCUT2D eigenvalue weighted by atomic mass is 10.2. The van der Waals surface area contributed by atoms with Gasteiger partial charge in [0.15, 0.2) is 0 Å². The van der Waals surface area contributed by atoms with E-state index in [1.54, 1.807) is 24.3 Å². The number of benzene rings is 3. The van der Waals surface area contributed by atoms with E-state index in [1.807, 2.05) is 0 Å². The van der Waals surface area contributed by atoms with Crippen molar-refractivity contribution in [3.8, 4) is 11.4 Å². The molecule has 0 fully saturated rings. The van der Waals surface area contributed by atoms with Crippen LogP contribution in [0.5, 0.6) is 0 Å². The molecule has 10 heteroatoms. The molecule has 0 radical (unpaired) electrons. The molecular weight excluding hydrogens is 438 g/mol. The first-order valence-electron chi connectivity index (χ1n) is 9.50. The van der Waals surface area contributed by atoms with E-state index < -0.39 is 16.6 Å². The highest BCUT2D eigenvalue weighted by molar-refractivity contribution is 7.92. The van der Waals surface area contributed by atoms with Crippen LogP contribution in [0.4, 0.5) is 14.5 Å². The Hall–Kier alpha value is -3.79. The van der Waals surface area contributed by atoms with E-state index in [-0.39, 0.29) is 22.3 Å². The third kappa shape index (κ3) is 4.04. The molecule has 3 aromatic carbocycles. The summed E-state index contributed by atoms with van der Waals surface area (Å²) in [5.41, 5.74) is 1.75. The van der Waals surface area contributed by atoms with Crippen LogP contribution in [-0.4, -0.2) is 30.9 Å². The zero-order valence-electron chi connectivity index (χ0n) is 16.8. The minimum absolute atomic E-state index is 0.0197. The number of carbonyl (C=O) groups is 1. The number of nitrogens with zero attached hydrogens (tertiary/aromatic N) is 2. The van der Waals surface area contributed by atoms with Crippen molar-refractivity contribution < 1.29 is 22.0 Å². The van der Waals surface area contributed by atoms with Gasteiger partial charge in [0.2, 0.25) is 0 Å². The van der Waals surface area contributed by atoms with Gasteiger partial charge in [0.25, 0.3) is 15.9 Å². The second kappa shape index (κ2) is 8.39. The van der Waals surface area contributed by atoms with Gasteiger partial charge < -0.3 is 5.32 Å². The lowest BCUT2D eigenvalue weighted by Crippen LogP contribution is -2.18. The van der Waals surface area contributed by atoms with Crippen molar-refractivity contribution in [2.24, 2.45) is 0 Å². The lowest BCUT2D eigenvalue weighted by Gasteiger charge is -2.11. The molecule has 4 aromatic rings. The Morgan fingerprint density at radius 1 is 0.969 bits per heavy atom. The Bertz CT molecular complexity index is 1380. The minimum Gasteiger partial charge on any atom is -0.355 e. The molecule has 164 valence electrons. The summed E-state index contributed by atoms with van der Waals surface area (Å²) < 4.78 is 55.9. The summed E-state index contributed by atoms with van der Waals surface area (Å²) in [5, 5.41) is 2.46. The molecule has 0 spiro atoms. The van der Waals surface area contributed by atoms with Crippen LogP contribution in [0.25, 0.3) is 22.4 Å². The van der Waals surface area contributed by atoms with E-state index in [4.69, 9.17) is 0 Å². The fraction of sp³-hybridized carbons (Fsp3) is 0.0909. The number of sulfonamides is 1. The molecule has 0 bridgehead atoms. The fourth-order valence-corrected chi connectivity index (χ4v) is 4.34. The molecule has 7 nitrogen and oxygen atoms in total. The van der Waals surface area contributed by atoms with Crippen molar-refractivity contribution in [3.63, 3.8) is 0 Å². The maximum Gasteiger partial charge on any atom is 0.320 e. The average molecular weight is 456 g/mol. The van der Waals surface area contributed by atoms with Gasteiger partial charge >= 0.3 is 6.55 Å². The average Bonchev–Trinajstić information content (AvgIpc) is 3.19. The van der Waals surface area contributed by atoms with E-state index in [1.165, 1.54) is 55.6 Å². The number of aromatic nitrogens is 2. The van der Waals surface area contributed by atoms with Crippen LogP contribution in [0.3, 0.4) is 0 Å². The van der Waals surface area contributed by atoms with Crippen LogP contribution >= 0.6 is 0 Å². The molecule has 0 aliphatic heterocycles. The summed E-state index contributed by atoms with van der Waals surface area (Å²) in [6.07, 6.45) is 0. The summed E-state index contributed by atoms with van der Waals surface area (Å²) in [6, 6.07) is 18.0. The minimum atomic E-state index is -3.90. The van der Waals surface area contributed by atoms with Gasteiger partial charge in [-0.25, -0.2) is 13.4 Å². The number of amides is 1. The third-order valence-corrected chi connectivity index (χ3v) is 6.24. The van der Waals surface area contributed by atoms with Gasteiger partial charge in [0, 0.05) is 23.9 Å². The molecule has 0 aliphatic carbocycles. The van der Waals surface area contributed by atoms with Gasteiger partial charge in [-0.05, 0) is 60.7 Å². The molecule has 1 amide bonds. The third-order valence-electron chi connectivity index (χ3n) is 4.84. The SMILES string of the molecule is CNC(=O)c1ccc(S(=O)(=O)Nc2ccc(-c3nc4ccccc4n3C(F)F)cc2)cc1. The Labute approximate surface area is 182 Å². The molecule has 4 rings (SSSR count). The molecule has 0 saturated carbocycles. The number of hydrogen-bond donors (Lipinski definition) is 2. The molecule has 0 saturated heterocycles. The zero-order valence-corrected chi connectivity index (χ0v) is 17.6. The number of nitrogens with one attached hydrogen (secondary N) is 2. The maximum atomic E-state index is 13.7. The normalized spacial score (nSPS) is 11.6. The number of alkyl halides is 2. The van der Waals surface area contributed by atoms with Crippen molar-refractivity contribution in [2.45, 2.75) is 11.4 Å². The summed E-state index contributed by atoms with van der Waals surface area (Å²) >= 11 is 0. The second-order valence-electron chi connectivity index (χ2n) is 6.86. The Morgan fingerprint density at radius 3 is 2.25 bits per heavy atom. The lowest BCUT2D eigenvalue weighted by molar-refractivity contribution is 0.0764. The number of fused-ring (bicyclic) bond motifs is 1. The predicted molar refractivity (Wildman–Crippen MR) is 117 cm³/mol. The van der Waals surface area contributed by atoms with Crippen LogP contribution < -0.4 is 10.0 Å². The van der Waals surface area contributed by atoms with E-state index in [9.17, 15) is 22.0 Å². The largest absolute Gasteiger partial charge is 0.355 e. The van der Waals surface area contributed by atoms with Gasteiger partial charge in [-0.2, -0.15) is 8.78 Å². The molecule has 0 atom stereocenters. The van der Waals surface area contributed by atoms with Crippen LogP contribution in [0.2, 0.25) is 0 Å². The first-order chi connectivity index (χ1) is 15.3. The van der Waals surface area contributed by atoms with Crippen LogP contribution in [0, 0.1) is 0 Å². The Morgan fingerprint density at radius 2 is 1.62 bits per heavy atom. The first-order valence-corrected chi connectivity index (χ1v) is 11.0. The molecule has 32 heavy (non-hydrogen) atoms. The maximum absolute atomic E-state index is 13.7. The molecular formula is C22H18F2N4O3S. The van der Waals surface area contributed by atoms with Crippen LogP contribution in [-0.2, 0) is 10.0 Å². The topological polar surface area (TPSA) is 93.1 Å². The zero-order chi connectivity index (χ0) is 22.9. The summed E-state index contributed by atoms with van der Waals surface area (Å²) in [4.78, 5) is 15.9. The van der Waals surface area contributed by atoms with Crippen molar-refractivity contribution in [2.75, 3.05) is 11.8 Å². The van der Waals surface area contributed by atoms with Crippen LogP contribution in [0.15, 0.2) is 77.7 Å². The summed E-state index contributed by atoms with van der Waals surface area (Å²) in [6.45, 7) is -2.78. The number of carbonyl (C=O) groups excluding carboxylic acids is 1. The predicted octanol–water partition coefficient (Wildman–Crippen LogP) is 4.26. The summed E-state index contributed by atoms with van der Waals surface area (Å²) in [7, 11) is -2.42. The van der Waals surface area contributed by atoms with Crippen molar-refractivity contribution in [3.05, 3.63) is 78.4 Å². The van der Waals surface area contributed by atoms with Crippen molar-refractivity contribution in [1.82, 2.24) is 14.9 Å². The number of rotatable bonds is 6. The Kier molecular flexibility index (Phi) is 5.62. The first kappa shape index (κ1) is 21.4. The quantitative estimate of drug-likeness (QED) is 0.453. The number of para-hydroxylation sites is 2.